The summed E-state index contributed by atoms with van der Waals surface area (Å²) in [6.07, 6.45) is 0. The first-order valence-corrected chi connectivity index (χ1v) is 20.6. The molecule has 276 valence electrons. The summed E-state index contributed by atoms with van der Waals surface area (Å²) in [5, 5.41) is 2.23. The van der Waals surface area contributed by atoms with Gasteiger partial charge in [-0.15, -0.1) is 0 Å². The maximum Gasteiger partial charge on any atom is 0.159 e. The van der Waals surface area contributed by atoms with Crippen LogP contribution < -0.4 is 4.90 Å². The Bertz CT molecular complexity index is 3280. The minimum Gasteiger partial charge on any atom is -0.454 e. The average Bonchev–Trinajstić information content (AvgIpc) is 4.00. The van der Waals surface area contributed by atoms with Crippen molar-refractivity contribution in [3.63, 3.8) is 0 Å². The molecule has 0 saturated heterocycles. The van der Waals surface area contributed by atoms with Crippen molar-refractivity contribution >= 4 is 39.0 Å². The molecule has 0 bridgehead atoms. The lowest BCUT2D eigenvalue weighted by Crippen LogP contribution is -2.26. The first kappa shape index (κ1) is 32.6. The molecule has 0 aliphatic heterocycles. The highest BCUT2D eigenvalue weighted by atomic mass is 16.3. The van der Waals surface area contributed by atoms with Gasteiger partial charge in [0.15, 0.2) is 5.58 Å². The zero-order valence-electron chi connectivity index (χ0n) is 32.5. The van der Waals surface area contributed by atoms with Gasteiger partial charge in [0.05, 0.1) is 16.8 Å². The highest BCUT2D eigenvalue weighted by molar-refractivity contribution is 6.12. The third kappa shape index (κ3) is 4.10. The number of nitrogens with zero attached hydrogens (tertiary/aromatic N) is 1. The highest BCUT2D eigenvalue weighted by Gasteiger charge is 2.52. The number of rotatable bonds is 4. The van der Waals surface area contributed by atoms with Gasteiger partial charge in [0.2, 0.25) is 0 Å². The predicted octanol–water partition coefficient (Wildman–Crippen LogP) is 14.7. The second-order valence-electron chi connectivity index (χ2n) is 16.4. The maximum atomic E-state index is 7.03. The molecule has 59 heavy (non-hydrogen) atoms. The van der Waals surface area contributed by atoms with Gasteiger partial charge in [0.25, 0.3) is 0 Å². The average molecular weight is 752 g/mol. The molecule has 1 spiro atoms. The van der Waals surface area contributed by atoms with Gasteiger partial charge in [0, 0.05) is 27.4 Å². The van der Waals surface area contributed by atoms with Crippen LogP contribution >= 0.6 is 0 Å². The lowest BCUT2D eigenvalue weighted by atomic mass is 9.70. The van der Waals surface area contributed by atoms with Gasteiger partial charge >= 0.3 is 0 Å². The van der Waals surface area contributed by atoms with E-state index in [1.807, 2.05) is 0 Å². The summed E-state index contributed by atoms with van der Waals surface area (Å²) >= 11 is 0. The van der Waals surface area contributed by atoms with Crippen LogP contribution in [0.2, 0.25) is 0 Å². The summed E-state index contributed by atoms with van der Waals surface area (Å²) in [5.74, 6) is 0. The van der Waals surface area contributed by atoms with Crippen molar-refractivity contribution < 1.29 is 4.42 Å². The molecule has 9 aromatic carbocycles. The first-order chi connectivity index (χ1) is 29.2. The number of para-hydroxylation sites is 2. The fraction of sp³-hybridized carbons (Fsp3) is 0.0526. The molecule has 2 nitrogen and oxygen atoms in total. The molecular weight excluding hydrogens is 715 g/mol. The summed E-state index contributed by atoms with van der Waals surface area (Å²) < 4.78 is 7.03. The molecule has 0 N–H and O–H groups in total. The van der Waals surface area contributed by atoms with Crippen molar-refractivity contribution in [1.82, 2.24) is 0 Å². The van der Waals surface area contributed by atoms with Crippen LogP contribution in [0.25, 0.3) is 55.3 Å². The van der Waals surface area contributed by atoms with Crippen LogP contribution in [0.5, 0.6) is 0 Å². The molecule has 3 aliphatic rings. The van der Waals surface area contributed by atoms with E-state index in [9.17, 15) is 0 Å². The van der Waals surface area contributed by atoms with Crippen molar-refractivity contribution in [3.8, 4) is 33.4 Å². The molecule has 0 unspecified atom stereocenters. The SMILES string of the molecule is CC1(c2ccc3oc4c(N(c5ccccc5)c5cccc6c5-c5ccccc5C65c6ccccc6-c6ccccc65)cccc4c3c2)c2ccccc2-c2ccccc21. The third-order valence-electron chi connectivity index (χ3n) is 13.8. The number of furan rings is 1. The molecule has 0 radical (unpaired) electrons. The number of anilines is 3. The number of fused-ring (bicyclic) bond motifs is 16. The van der Waals surface area contributed by atoms with E-state index in [-0.39, 0.29) is 5.41 Å². The molecule has 0 amide bonds. The van der Waals surface area contributed by atoms with Crippen molar-refractivity contribution in [1.29, 1.82) is 0 Å². The minimum atomic E-state index is -0.438. The Morgan fingerprint density at radius 3 is 1.53 bits per heavy atom. The van der Waals surface area contributed by atoms with Crippen molar-refractivity contribution in [2.24, 2.45) is 0 Å². The predicted molar refractivity (Wildman–Crippen MR) is 242 cm³/mol. The topological polar surface area (TPSA) is 16.4 Å². The Balaban J connectivity index is 1.06. The van der Waals surface area contributed by atoms with Gasteiger partial charge < -0.3 is 9.32 Å². The van der Waals surface area contributed by atoms with Crippen LogP contribution in [-0.4, -0.2) is 0 Å². The quantitative estimate of drug-likeness (QED) is 0.178. The molecular formula is C57H37NO. The molecule has 0 saturated carbocycles. The van der Waals surface area contributed by atoms with Crippen LogP contribution in [0.4, 0.5) is 17.1 Å². The van der Waals surface area contributed by atoms with Gasteiger partial charge in [-0.05, 0) is 110 Å². The first-order valence-electron chi connectivity index (χ1n) is 20.6. The van der Waals surface area contributed by atoms with Crippen LogP contribution in [-0.2, 0) is 10.8 Å². The number of hydrogen-bond acceptors (Lipinski definition) is 2. The summed E-state index contributed by atoms with van der Waals surface area (Å²) in [6.45, 7) is 2.38. The van der Waals surface area contributed by atoms with E-state index in [1.165, 1.54) is 72.3 Å². The Kier molecular flexibility index (Phi) is 6.54. The molecule has 0 fully saturated rings. The van der Waals surface area contributed by atoms with Crippen LogP contribution in [0, 0.1) is 0 Å². The molecule has 1 aromatic heterocycles. The van der Waals surface area contributed by atoms with E-state index in [0.29, 0.717) is 0 Å². The largest absolute Gasteiger partial charge is 0.454 e. The summed E-state index contributed by atoms with van der Waals surface area (Å²) in [4.78, 5) is 2.43. The molecule has 10 aromatic rings. The van der Waals surface area contributed by atoms with Crippen molar-refractivity contribution in [3.05, 3.63) is 245 Å². The zero-order valence-corrected chi connectivity index (χ0v) is 32.5. The standard InChI is InChI=1S/C57H37NO/c1-56(45-25-10-5-19-38(45)39-20-6-11-26-46(39)56)36-33-34-53-44(35-36)42-24-15-32-52(55(42)59-53)58(37-17-3-2-4-18-37)51-31-16-30-50-54(51)43-23-9-14-29-49(43)57(50)47-27-12-7-21-40(47)41-22-8-13-28-48(41)57/h2-35H,1H3. The number of hydrogen-bond donors (Lipinski definition) is 0. The highest BCUT2D eigenvalue weighted by Crippen LogP contribution is 2.65. The Labute approximate surface area is 343 Å². The Morgan fingerprint density at radius 2 is 0.881 bits per heavy atom. The third-order valence-corrected chi connectivity index (χ3v) is 13.8. The summed E-state index contributed by atoms with van der Waals surface area (Å²) in [5.41, 5.74) is 21.2. The second kappa shape index (κ2) is 11.8. The number of benzene rings is 9. The van der Waals surface area contributed by atoms with E-state index in [4.69, 9.17) is 4.42 Å². The monoisotopic (exact) mass is 751 g/mol. The smallest absolute Gasteiger partial charge is 0.159 e. The molecule has 0 atom stereocenters. The van der Waals surface area contributed by atoms with E-state index in [1.54, 1.807) is 0 Å². The van der Waals surface area contributed by atoms with Gasteiger partial charge in [-0.3, -0.25) is 0 Å². The lowest BCUT2D eigenvalue weighted by molar-refractivity contribution is 0.667. The van der Waals surface area contributed by atoms with E-state index in [0.717, 1.165) is 39.0 Å². The second-order valence-corrected chi connectivity index (χ2v) is 16.4. The zero-order chi connectivity index (χ0) is 38.9. The van der Waals surface area contributed by atoms with Crippen LogP contribution in [0.1, 0.15) is 45.9 Å². The molecule has 2 heteroatoms. The van der Waals surface area contributed by atoms with Crippen molar-refractivity contribution in [2.45, 2.75) is 17.8 Å². The normalized spacial score (nSPS) is 14.5. The Hall–Kier alpha value is -7.42. The van der Waals surface area contributed by atoms with Crippen LogP contribution in [0.15, 0.2) is 211 Å². The fourth-order valence-corrected chi connectivity index (χ4v) is 11.3. The van der Waals surface area contributed by atoms with E-state index >= 15 is 0 Å². The van der Waals surface area contributed by atoms with Gasteiger partial charge in [-0.25, -0.2) is 0 Å². The summed E-state index contributed by atoms with van der Waals surface area (Å²) in [6, 6.07) is 76.0. The molecule has 3 aliphatic carbocycles. The molecule has 1 heterocycles. The van der Waals surface area contributed by atoms with Crippen molar-refractivity contribution in [2.75, 3.05) is 4.90 Å². The lowest BCUT2D eigenvalue weighted by Gasteiger charge is -2.31. The maximum absolute atomic E-state index is 7.03. The fourth-order valence-electron chi connectivity index (χ4n) is 11.3. The minimum absolute atomic E-state index is 0.302. The van der Waals surface area contributed by atoms with Gasteiger partial charge in [0.1, 0.15) is 5.58 Å². The Morgan fingerprint density at radius 1 is 0.390 bits per heavy atom. The van der Waals surface area contributed by atoms with E-state index < -0.39 is 5.41 Å². The van der Waals surface area contributed by atoms with Gasteiger partial charge in [-0.2, -0.15) is 0 Å². The molecule has 13 rings (SSSR count). The van der Waals surface area contributed by atoms with Crippen LogP contribution in [0.3, 0.4) is 0 Å². The summed E-state index contributed by atoms with van der Waals surface area (Å²) in [7, 11) is 0. The van der Waals surface area contributed by atoms with Gasteiger partial charge in [-0.1, -0.05) is 170 Å². The van der Waals surface area contributed by atoms with E-state index in [2.05, 4.69) is 218 Å².